The summed E-state index contributed by atoms with van der Waals surface area (Å²) in [6, 6.07) is 4.48. The number of carbonyl (C=O) groups excluding carboxylic acids is 1. The molecule has 0 spiro atoms. The summed E-state index contributed by atoms with van der Waals surface area (Å²) in [7, 11) is 0. The number of hydrogen-bond acceptors (Lipinski definition) is 3. The van der Waals surface area contributed by atoms with Crippen molar-refractivity contribution in [2.24, 2.45) is 0 Å². The predicted molar refractivity (Wildman–Crippen MR) is 73.2 cm³/mol. The largest absolute Gasteiger partial charge is 0.351 e. The number of carbonyl (C=O) groups is 1. The lowest BCUT2D eigenvalue weighted by Crippen LogP contribution is -2.29. The molecule has 0 aliphatic heterocycles. The van der Waals surface area contributed by atoms with Crippen LogP contribution < -0.4 is 5.32 Å². The van der Waals surface area contributed by atoms with Crippen LogP contribution in [0.15, 0.2) is 18.2 Å². The average molecular weight is 315 g/mol. The van der Waals surface area contributed by atoms with Crippen LogP contribution in [0.3, 0.4) is 0 Å². The molecule has 6 heteroatoms. The summed E-state index contributed by atoms with van der Waals surface area (Å²) in [5, 5.41) is 13.5. The summed E-state index contributed by atoms with van der Waals surface area (Å²) >= 11 is 3.40. The molecule has 0 bridgehead atoms. The molecule has 0 saturated carbocycles. The number of aryl methyl sites for hydroxylation is 1. The van der Waals surface area contributed by atoms with Gasteiger partial charge in [-0.3, -0.25) is 14.9 Å². The Morgan fingerprint density at radius 2 is 2.22 bits per heavy atom. The van der Waals surface area contributed by atoms with Crippen LogP contribution in [0.2, 0.25) is 0 Å². The average Bonchev–Trinajstić information content (AvgIpc) is 2.35. The molecule has 0 aliphatic rings. The van der Waals surface area contributed by atoms with Gasteiger partial charge in [0.2, 0.25) is 0 Å². The van der Waals surface area contributed by atoms with Gasteiger partial charge in [0.1, 0.15) is 0 Å². The van der Waals surface area contributed by atoms with E-state index >= 15 is 0 Å². The molecule has 0 heterocycles. The van der Waals surface area contributed by atoms with Gasteiger partial charge in [-0.05, 0) is 19.4 Å². The van der Waals surface area contributed by atoms with Crippen molar-refractivity contribution >= 4 is 27.5 Å². The number of nitrogens with one attached hydrogen (secondary N) is 1. The number of alkyl halides is 1. The maximum Gasteiger partial charge on any atom is 0.273 e. The monoisotopic (exact) mass is 314 g/mol. The van der Waals surface area contributed by atoms with E-state index in [1.54, 1.807) is 19.1 Å². The zero-order valence-electron chi connectivity index (χ0n) is 10.3. The summed E-state index contributed by atoms with van der Waals surface area (Å²) in [5.41, 5.74) is 0.820. The number of benzene rings is 1. The lowest BCUT2D eigenvalue weighted by atomic mass is 10.1. The van der Waals surface area contributed by atoms with Crippen molar-refractivity contribution in [2.75, 3.05) is 6.54 Å². The van der Waals surface area contributed by atoms with Crippen molar-refractivity contribution < 1.29 is 9.72 Å². The van der Waals surface area contributed by atoms with Gasteiger partial charge >= 0.3 is 0 Å². The number of nitro benzene ring substituents is 1. The van der Waals surface area contributed by atoms with Gasteiger partial charge in [-0.15, -0.1) is 0 Å². The third kappa shape index (κ3) is 3.80. The second-order valence-electron chi connectivity index (χ2n) is 3.97. The quantitative estimate of drug-likeness (QED) is 0.516. The highest BCUT2D eigenvalue weighted by molar-refractivity contribution is 9.09. The third-order valence-corrected chi connectivity index (χ3v) is 3.57. The molecular weight excluding hydrogens is 300 g/mol. The number of halogens is 1. The molecule has 18 heavy (non-hydrogen) atoms. The van der Waals surface area contributed by atoms with Gasteiger partial charge in [-0.2, -0.15) is 0 Å². The summed E-state index contributed by atoms with van der Waals surface area (Å²) in [6.07, 6.45) is 0.897. The van der Waals surface area contributed by atoms with Crippen LogP contribution in [0, 0.1) is 17.0 Å². The van der Waals surface area contributed by atoms with Crippen molar-refractivity contribution in [1.29, 1.82) is 0 Å². The first-order chi connectivity index (χ1) is 8.45. The van der Waals surface area contributed by atoms with Gasteiger partial charge in [0.25, 0.3) is 11.6 Å². The SMILES string of the molecule is CCC(Br)CNC(=O)c1ccc(C)c([N+](=O)[O-])c1. The molecule has 0 fully saturated rings. The molecule has 1 N–H and O–H groups in total. The predicted octanol–water partition coefficient (Wildman–Crippen LogP) is 2.81. The normalized spacial score (nSPS) is 11.9. The maximum atomic E-state index is 11.8. The summed E-state index contributed by atoms with van der Waals surface area (Å²) in [4.78, 5) is 22.3. The molecule has 1 aromatic carbocycles. The topological polar surface area (TPSA) is 72.2 Å². The summed E-state index contributed by atoms with van der Waals surface area (Å²) in [6.45, 7) is 4.14. The van der Waals surface area contributed by atoms with Crippen LogP contribution in [0.5, 0.6) is 0 Å². The molecule has 1 atom stereocenters. The summed E-state index contributed by atoms with van der Waals surface area (Å²) < 4.78 is 0. The molecular formula is C12H15BrN2O3. The minimum Gasteiger partial charge on any atom is -0.351 e. The maximum absolute atomic E-state index is 11.8. The van der Waals surface area contributed by atoms with Crippen molar-refractivity contribution in [2.45, 2.75) is 25.1 Å². The lowest BCUT2D eigenvalue weighted by molar-refractivity contribution is -0.385. The van der Waals surface area contributed by atoms with E-state index in [9.17, 15) is 14.9 Å². The molecule has 5 nitrogen and oxygen atoms in total. The first kappa shape index (κ1) is 14.6. The fraction of sp³-hybridized carbons (Fsp3) is 0.417. The zero-order chi connectivity index (χ0) is 13.7. The number of hydrogen-bond donors (Lipinski definition) is 1. The van der Waals surface area contributed by atoms with Crippen molar-refractivity contribution in [1.82, 2.24) is 5.32 Å². The first-order valence-electron chi connectivity index (χ1n) is 5.63. The van der Waals surface area contributed by atoms with Crippen molar-refractivity contribution in [3.63, 3.8) is 0 Å². The Balaban J connectivity index is 2.80. The van der Waals surface area contributed by atoms with Crippen LogP contribution >= 0.6 is 15.9 Å². The highest BCUT2D eigenvalue weighted by atomic mass is 79.9. The minimum absolute atomic E-state index is 0.0338. The minimum atomic E-state index is -0.481. The van der Waals surface area contributed by atoms with E-state index in [-0.39, 0.29) is 16.4 Å². The molecule has 98 valence electrons. The molecule has 1 rings (SSSR count). The second kappa shape index (κ2) is 6.49. The van der Waals surface area contributed by atoms with E-state index in [2.05, 4.69) is 21.2 Å². The highest BCUT2D eigenvalue weighted by Gasteiger charge is 2.15. The Labute approximate surface area is 114 Å². The molecule has 1 aromatic rings. The van der Waals surface area contributed by atoms with Gasteiger partial charge in [0, 0.05) is 28.6 Å². The van der Waals surface area contributed by atoms with Crippen LogP contribution in [0.4, 0.5) is 5.69 Å². The van der Waals surface area contributed by atoms with E-state index < -0.39 is 4.92 Å². The number of nitrogens with zero attached hydrogens (tertiary/aromatic N) is 1. The summed E-state index contributed by atoms with van der Waals surface area (Å²) in [5.74, 6) is -0.295. The van der Waals surface area contributed by atoms with E-state index in [4.69, 9.17) is 0 Å². The van der Waals surface area contributed by atoms with Crippen LogP contribution in [-0.2, 0) is 0 Å². The van der Waals surface area contributed by atoms with Crippen molar-refractivity contribution in [3.8, 4) is 0 Å². The van der Waals surface area contributed by atoms with E-state index in [1.807, 2.05) is 6.92 Å². The molecule has 0 aliphatic carbocycles. The van der Waals surface area contributed by atoms with E-state index in [0.29, 0.717) is 17.7 Å². The van der Waals surface area contributed by atoms with Crippen LogP contribution in [0.1, 0.15) is 29.3 Å². The Kier molecular flexibility index (Phi) is 5.27. The Morgan fingerprint density at radius 3 is 2.78 bits per heavy atom. The van der Waals surface area contributed by atoms with Gasteiger partial charge in [0.15, 0.2) is 0 Å². The zero-order valence-corrected chi connectivity index (χ0v) is 11.9. The fourth-order valence-corrected chi connectivity index (χ4v) is 1.56. The molecule has 1 unspecified atom stereocenters. The van der Waals surface area contributed by atoms with Crippen LogP contribution in [0.25, 0.3) is 0 Å². The van der Waals surface area contributed by atoms with Crippen molar-refractivity contribution in [3.05, 3.63) is 39.4 Å². The van der Waals surface area contributed by atoms with E-state index in [0.717, 1.165) is 6.42 Å². The second-order valence-corrected chi connectivity index (χ2v) is 5.27. The fourth-order valence-electron chi connectivity index (χ4n) is 1.40. The van der Waals surface area contributed by atoms with Gasteiger partial charge in [-0.25, -0.2) is 0 Å². The Morgan fingerprint density at radius 1 is 1.56 bits per heavy atom. The third-order valence-electron chi connectivity index (χ3n) is 2.60. The van der Waals surface area contributed by atoms with Crippen LogP contribution in [-0.4, -0.2) is 22.2 Å². The van der Waals surface area contributed by atoms with Gasteiger partial charge in [-0.1, -0.05) is 28.9 Å². The van der Waals surface area contributed by atoms with E-state index in [1.165, 1.54) is 6.07 Å². The first-order valence-corrected chi connectivity index (χ1v) is 6.54. The molecule has 0 saturated heterocycles. The lowest BCUT2D eigenvalue weighted by Gasteiger charge is -2.09. The number of nitro groups is 1. The van der Waals surface area contributed by atoms with Gasteiger partial charge < -0.3 is 5.32 Å². The smallest absolute Gasteiger partial charge is 0.273 e. The molecule has 0 aromatic heterocycles. The standard InChI is InChI=1S/C12H15BrN2O3/c1-3-10(13)7-14-12(16)9-5-4-8(2)11(6-9)15(17)18/h4-6,10H,3,7H2,1-2H3,(H,14,16). The molecule has 1 amide bonds. The highest BCUT2D eigenvalue weighted by Crippen LogP contribution is 2.19. The molecule has 0 radical (unpaired) electrons. The number of rotatable bonds is 5. The number of amides is 1. The Bertz CT molecular complexity index is 463. The van der Waals surface area contributed by atoms with Gasteiger partial charge in [0.05, 0.1) is 4.92 Å². The Hall–Kier alpha value is -1.43.